The number of carbonyl (C=O) groups excluding carboxylic acids is 2. The summed E-state index contributed by atoms with van der Waals surface area (Å²) in [6.45, 7) is 2.97. The van der Waals surface area contributed by atoms with Crippen molar-refractivity contribution in [2.24, 2.45) is 5.92 Å². The van der Waals surface area contributed by atoms with Crippen molar-refractivity contribution in [2.45, 2.75) is 69.6 Å². The van der Waals surface area contributed by atoms with E-state index >= 15 is 4.39 Å². The molecule has 2 aromatic carbocycles. The number of carbonyl (C=O) groups is 3. The van der Waals surface area contributed by atoms with Gasteiger partial charge in [0, 0.05) is 28.1 Å². The Morgan fingerprint density at radius 2 is 1.84 bits per heavy atom. The minimum atomic E-state index is -0.747. The Morgan fingerprint density at radius 1 is 1.09 bits per heavy atom. The zero-order valence-electron chi connectivity index (χ0n) is 24.5. The third-order valence-electron chi connectivity index (χ3n) is 9.37. The van der Waals surface area contributed by atoms with Gasteiger partial charge in [-0.2, -0.15) is 0 Å². The normalized spacial score (nSPS) is 24.2. The van der Waals surface area contributed by atoms with Crippen molar-refractivity contribution in [3.63, 3.8) is 0 Å². The monoisotopic (exact) mass is 641 g/mol. The van der Waals surface area contributed by atoms with E-state index in [1.54, 1.807) is 5.38 Å². The van der Waals surface area contributed by atoms with Crippen molar-refractivity contribution < 1.29 is 28.6 Å². The third kappa shape index (κ3) is 6.78. The maximum absolute atomic E-state index is 15.4. The number of thiophene rings is 1. The molecule has 3 heterocycles. The van der Waals surface area contributed by atoms with Gasteiger partial charge in [-0.05, 0) is 81.8 Å². The number of fused-ring (bicyclic) bond motifs is 1. The molecule has 2 saturated heterocycles. The van der Waals surface area contributed by atoms with E-state index in [2.05, 4.69) is 10.2 Å². The van der Waals surface area contributed by atoms with Crippen LogP contribution in [0.15, 0.2) is 41.8 Å². The Kier molecular flexibility index (Phi) is 9.51. The number of rotatable bonds is 9. The standard InChI is InChI=1S/C33H37ClFN3O5S/c34-27-13-21(28(35)16-29(27)36-32(40)26-19-44-30-6-2-1-5-25(26)30)14-31(39)38-17-22(37-11-3-4-12-37)15-23(38)18-43-24-9-7-20(8-10-24)33(41)42/h1-2,5-6,13,16,19-20,22-24H,3-4,7-12,14-15,17-18H2,(H,36,40)(H,41,42)/t20?,22-,23-,24?/m0/s1. The van der Waals surface area contributed by atoms with Gasteiger partial charge in [-0.25, -0.2) is 4.39 Å². The van der Waals surface area contributed by atoms with Crippen LogP contribution in [0.5, 0.6) is 0 Å². The molecule has 2 atom stereocenters. The second-order valence-electron chi connectivity index (χ2n) is 12.2. The Morgan fingerprint density at radius 3 is 2.59 bits per heavy atom. The van der Waals surface area contributed by atoms with E-state index in [0.717, 1.165) is 42.4 Å². The van der Waals surface area contributed by atoms with Crippen molar-refractivity contribution in [3.8, 4) is 0 Å². The van der Waals surface area contributed by atoms with Crippen molar-refractivity contribution in [1.82, 2.24) is 9.80 Å². The number of hydrogen-bond acceptors (Lipinski definition) is 6. The summed E-state index contributed by atoms with van der Waals surface area (Å²) < 4.78 is 22.6. The summed E-state index contributed by atoms with van der Waals surface area (Å²) in [6, 6.07) is 10.3. The SMILES string of the molecule is O=C(Nc1cc(F)c(CC(=O)N2C[C@@H](N3CCCC3)C[C@H]2COC2CCC(C(=O)O)CC2)cc1Cl)c1csc2ccccc12. The number of benzene rings is 2. The average molecular weight is 642 g/mol. The maximum atomic E-state index is 15.4. The molecule has 3 aromatic rings. The summed E-state index contributed by atoms with van der Waals surface area (Å²) in [7, 11) is 0. The number of nitrogens with one attached hydrogen (secondary N) is 1. The summed E-state index contributed by atoms with van der Waals surface area (Å²) in [5.74, 6) is -2.23. The van der Waals surface area contributed by atoms with E-state index in [0.29, 0.717) is 44.4 Å². The predicted octanol–water partition coefficient (Wildman–Crippen LogP) is 6.21. The number of amides is 2. The number of anilines is 1. The lowest BCUT2D eigenvalue weighted by molar-refractivity contribution is -0.144. The van der Waals surface area contributed by atoms with Crippen LogP contribution in [0.2, 0.25) is 5.02 Å². The lowest BCUT2D eigenvalue weighted by Gasteiger charge is -2.30. The molecule has 3 aliphatic rings. The van der Waals surface area contributed by atoms with Gasteiger partial charge in [0.15, 0.2) is 0 Å². The number of ether oxygens (including phenoxy) is 1. The molecule has 0 radical (unpaired) electrons. The highest BCUT2D eigenvalue weighted by Crippen LogP contribution is 2.32. The lowest BCUT2D eigenvalue weighted by atomic mass is 9.87. The van der Waals surface area contributed by atoms with Crippen LogP contribution in [0, 0.1) is 11.7 Å². The van der Waals surface area contributed by atoms with Gasteiger partial charge in [-0.15, -0.1) is 11.3 Å². The number of carboxylic acids is 1. The lowest BCUT2D eigenvalue weighted by Crippen LogP contribution is -2.41. The molecule has 11 heteroatoms. The topological polar surface area (TPSA) is 99.2 Å². The van der Waals surface area contributed by atoms with Crippen LogP contribution in [-0.4, -0.2) is 77.1 Å². The molecule has 1 aromatic heterocycles. The van der Waals surface area contributed by atoms with E-state index in [1.165, 1.54) is 23.5 Å². The van der Waals surface area contributed by atoms with Gasteiger partial charge in [0.1, 0.15) is 5.82 Å². The number of likely N-dealkylation sites (tertiary alicyclic amines) is 2. The van der Waals surface area contributed by atoms with Crippen molar-refractivity contribution in [2.75, 3.05) is 31.6 Å². The van der Waals surface area contributed by atoms with Crippen molar-refractivity contribution in [1.29, 1.82) is 0 Å². The molecule has 0 unspecified atom stereocenters. The molecular formula is C33H37ClFN3O5S. The van der Waals surface area contributed by atoms with Crippen LogP contribution < -0.4 is 5.32 Å². The molecular weight excluding hydrogens is 605 g/mol. The largest absolute Gasteiger partial charge is 0.481 e. The molecule has 1 saturated carbocycles. The van der Waals surface area contributed by atoms with Crippen molar-refractivity contribution in [3.05, 3.63) is 63.7 Å². The quantitative estimate of drug-likeness (QED) is 0.288. The molecule has 8 nitrogen and oxygen atoms in total. The first kappa shape index (κ1) is 31.0. The van der Waals surface area contributed by atoms with E-state index in [9.17, 15) is 19.5 Å². The highest BCUT2D eigenvalue weighted by atomic mass is 35.5. The summed E-state index contributed by atoms with van der Waals surface area (Å²) in [5.41, 5.74) is 0.821. The van der Waals surface area contributed by atoms with Gasteiger partial charge < -0.3 is 20.1 Å². The zero-order chi connectivity index (χ0) is 30.8. The fourth-order valence-electron chi connectivity index (χ4n) is 6.88. The number of halogens is 2. The van der Waals surface area contributed by atoms with E-state index in [1.807, 2.05) is 29.2 Å². The summed E-state index contributed by atoms with van der Waals surface area (Å²) >= 11 is 7.96. The van der Waals surface area contributed by atoms with Gasteiger partial charge in [0.2, 0.25) is 5.91 Å². The van der Waals surface area contributed by atoms with Crippen molar-refractivity contribution >= 4 is 56.5 Å². The highest BCUT2D eigenvalue weighted by Gasteiger charge is 2.39. The van der Waals surface area contributed by atoms with E-state index in [-0.39, 0.29) is 58.6 Å². The summed E-state index contributed by atoms with van der Waals surface area (Å²) in [5, 5.41) is 14.8. The molecule has 234 valence electrons. The Hall–Kier alpha value is -3.05. The Balaban J connectivity index is 1.11. The van der Waals surface area contributed by atoms with Crippen LogP contribution in [0.4, 0.5) is 10.1 Å². The van der Waals surface area contributed by atoms with Crippen LogP contribution in [0.3, 0.4) is 0 Å². The number of aliphatic carboxylic acids is 1. The van der Waals surface area contributed by atoms with Gasteiger partial charge in [-0.1, -0.05) is 29.8 Å². The Labute approximate surface area is 265 Å². The molecule has 6 rings (SSSR count). The number of hydrogen-bond donors (Lipinski definition) is 2. The summed E-state index contributed by atoms with van der Waals surface area (Å²) in [4.78, 5) is 42.2. The smallest absolute Gasteiger partial charge is 0.306 e. The molecule has 44 heavy (non-hydrogen) atoms. The number of nitrogens with zero attached hydrogens (tertiary/aromatic N) is 2. The fraction of sp³-hybridized carbons (Fsp3) is 0.485. The van der Waals surface area contributed by atoms with Gasteiger partial charge in [-0.3, -0.25) is 19.3 Å². The molecule has 1 aliphatic carbocycles. The number of carboxylic acid groups (broad SMARTS) is 1. The van der Waals surface area contributed by atoms with Gasteiger partial charge in [0.25, 0.3) is 5.91 Å². The first-order valence-electron chi connectivity index (χ1n) is 15.4. The second kappa shape index (κ2) is 13.5. The van der Waals surface area contributed by atoms with Gasteiger partial charge >= 0.3 is 5.97 Å². The predicted molar refractivity (Wildman–Crippen MR) is 169 cm³/mol. The fourth-order valence-corrected chi connectivity index (χ4v) is 8.05. The van der Waals surface area contributed by atoms with Crippen LogP contribution in [0.1, 0.15) is 60.9 Å². The summed E-state index contributed by atoms with van der Waals surface area (Å²) in [6.07, 6.45) is 5.52. The molecule has 2 N–H and O–H groups in total. The minimum absolute atomic E-state index is 0.0144. The first-order valence-corrected chi connectivity index (χ1v) is 16.7. The Bertz CT molecular complexity index is 1530. The van der Waals surface area contributed by atoms with Crippen LogP contribution in [0.25, 0.3) is 10.1 Å². The molecule has 3 fully saturated rings. The second-order valence-corrected chi connectivity index (χ2v) is 13.5. The van der Waals surface area contributed by atoms with E-state index < -0.39 is 11.8 Å². The molecule has 0 bridgehead atoms. The van der Waals surface area contributed by atoms with Crippen LogP contribution in [-0.2, 0) is 20.7 Å². The van der Waals surface area contributed by atoms with Crippen LogP contribution >= 0.6 is 22.9 Å². The average Bonchev–Trinajstić information content (AvgIpc) is 3.78. The van der Waals surface area contributed by atoms with E-state index in [4.69, 9.17) is 16.3 Å². The molecule has 0 spiro atoms. The third-order valence-corrected chi connectivity index (χ3v) is 10.6. The van der Waals surface area contributed by atoms with Gasteiger partial charge in [0.05, 0.1) is 47.4 Å². The molecule has 2 aliphatic heterocycles. The zero-order valence-corrected chi connectivity index (χ0v) is 26.0. The maximum Gasteiger partial charge on any atom is 0.306 e. The highest BCUT2D eigenvalue weighted by molar-refractivity contribution is 7.17. The first-order chi connectivity index (χ1) is 21.3. The minimum Gasteiger partial charge on any atom is -0.481 e. The molecule has 2 amide bonds.